The van der Waals surface area contributed by atoms with Crippen molar-refractivity contribution in [2.24, 2.45) is 0 Å². The smallest absolute Gasteiger partial charge is 0.146 e. The lowest BCUT2D eigenvalue weighted by atomic mass is 10.1. The molecule has 0 N–H and O–H groups in total. The predicted octanol–water partition coefficient (Wildman–Crippen LogP) is 2.85. The van der Waals surface area contributed by atoms with Gasteiger partial charge in [0.2, 0.25) is 0 Å². The van der Waals surface area contributed by atoms with Gasteiger partial charge < -0.3 is 0 Å². The Hall–Kier alpha value is -1.44. The first-order chi connectivity index (χ1) is 6.86. The van der Waals surface area contributed by atoms with Crippen LogP contribution in [-0.4, -0.2) is 11.3 Å². The van der Waals surface area contributed by atoms with Crippen molar-refractivity contribution in [1.82, 2.24) is 4.98 Å². The first-order valence-electron chi connectivity index (χ1n) is 4.92. The number of pyridine rings is 1. The van der Waals surface area contributed by atoms with E-state index in [4.69, 9.17) is 0 Å². The molecule has 0 atom stereocenters. The maximum absolute atomic E-state index is 10.7. The third-order valence-electron chi connectivity index (χ3n) is 2.01. The topological polar surface area (TPSA) is 30.0 Å². The molecular formula is C12H15NO. The molecule has 1 rings (SSSR count). The molecule has 14 heavy (non-hydrogen) atoms. The van der Waals surface area contributed by atoms with Crippen molar-refractivity contribution < 1.29 is 4.79 Å². The van der Waals surface area contributed by atoms with Crippen molar-refractivity contribution in [2.75, 3.05) is 0 Å². The normalized spacial score (nSPS) is 11.4. The van der Waals surface area contributed by atoms with E-state index in [1.807, 2.05) is 18.2 Å². The largest absolute Gasteiger partial charge is 0.298 e. The average Bonchev–Trinajstić information content (AvgIpc) is 2.25. The Balaban J connectivity index is 2.68. The quantitative estimate of drug-likeness (QED) is 0.526. The molecule has 2 nitrogen and oxygen atoms in total. The van der Waals surface area contributed by atoms with Gasteiger partial charge in [-0.1, -0.05) is 19.4 Å². The van der Waals surface area contributed by atoms with Gasteiger partial charge in [-0.15, -0.1) is 0 Å². The summed E-state index contributed by atoms with van der Waals surface area (Å²) in [4.78, 5) is 14.7. The van der Waals surface area contributed by atoms with Crippen LogP contribution < -0.4 is 0 Å². The summed E-state index contributed by atoms with van der Waals surface area (Å²) in [5.74, 6) is 0. The number of carbonyl (C=O) groups excluding carboxylic acids is 1. The number of aldehydes is 1. The van der Waals surface area contributed by atoms with Gasteiger partial charge in [-0.3, -0.25) is 9.78 Å². The maximum Gasteiger partial charge on any atom is 0.146 e. The van der Waals surface area contributed by atoms with E-state index in [1.165, 1.54) is 0 Å². The maximum atomic E-state index is 10.7. The Labute approximate surface area is 84.7 Å². The van der Waals surface area contributed by atoms with E-state index in [0.717, 1.165) is 36.7 Å². The fraction of sp³-hybridized carbons (Fsp3) is 0.333. The number of hydrogen-bond acceptors (Lipinski definition) is 2. The van der Waals surface area contributed by atoms with Gasteiger partial charge in [-0.25, -0.2) is 0 Å². The Kier molecular flexibility index (Phi) is 4.62. The number of unbranched alkanes of at least 4 members (excludes halogenated alkanes) is 1. The number of rotatable bonds is 5. The van der Waals surface area contributed by atoms with Gasteiger partial charge in [0.15, 0.2) is 0 Å². The van der Waals surface area contributed by atoms with Gasteiger partial charge in [0.05, 0.1) is 0 Å². The standard InChI is InChI=1S/C12H15NO/c1-2-3-5-12(10-14)8-11-6-4-7-13-9-11/h4,6-10H,2-3,5H2,1H3/b12-8-. The minimum absolute atomic E-state index is 0.847. The molecular weight excluding hydrogens is 174 g/mol. The predicted molar refractivity (Wildman–Crippen MR) is 57.8 cm³/mol. The zero-order valence-corrected chi connectivity index (χ0v) is 8.44. The van der Waals surface area contributed by atoms with E-state index in [0.29, 0.717) is 0 Å². The second-order valence-corrected chi connectivity index (χ2v) is 3.23. The van der Waals surface area contributed by atoms with Crippen LogP contribution in [0.4, 0.5) is 0 Å². The molecule has 0 saturated heterocycles. The first kappa shape index (κ1) is 10.6. The number of aromatic nitrogens is 1. The van der Waals surface area contributed by atoms with E-state index in [-0.39, 0.29) is 0 Å². The Morgan fingerprint density at radius 2 is 2.43 bits per heavy atom. The molecule has 0 radical (unpaired) electrons. The highest BCUT2D eigenvalue weighted by Gasteiger charge is 1.95. The second kappa shape index (κ2) is 6.08. The lowest BCUT2D eigenvalue weighted by molar-refractivity contribution is -0.105. The van der Waals surface area contributed by atoms with E-state index in [1.54, 1.807) is 12.4 Å². The zero-order valence-electron chi connectivity index (χ0n) is 8.44. The third kappa shape index (κ3) is 3.52. The summed E-state index contributed by atoms with van der Waals surface area (Å²) in [6.45, 7) is 2.12. The van der Waals surface area contributed by atoms with Gasteiger partial charge in [0.25, 0.3) is 0 Å². The van der Waals surface area contributed by atoms with E-state index in [2.05, 4.69) is 11.9 Å². The summed E-state index contributed by atoms with van der Waals surface area (Å²) in [7, 11) is 0. The van der Waals surface area contributed by atoms with Gasteiger partial charge in [0, 0.05) is 12.4 Å². The molecule has 0 unspecified atom stereocenters. The highest BCUT2D eigenvalue weighted by molar-refractivity contribution is 5.81. The molecule has 1 aromatic heterocycles. The lowest BCUT2D eigenvalue weighted by Gasteiger charge is -1.98. The van der Waals surface area contributed by atoms with Crippen LogP contribution in [-0.2, 0) is 4.79 Å². The lowest BCUT2D eigenvalue weighted by Crippen LogP contribution is -1.86. The van der Waals surface area contributed by atoms with Crippen molar-refractivity contribution in [3.8, 4) is 0 Å². The van der Waals surface area contributed by atoms with E-state index in [9.17, 15) is 4.79 Å². The minimum atomic E-state index is 0.847. The molecule has 74 valence electrons. The molecule has 2 heteroatoms. The van der Waals surface area contributed by atoms with Crippen molar-refractivity contribution >= 4 is 12.4 Å². The number of carbonyl (C=O) groups is 1. The first-order valence-corrected chi connectivity index (χ1v) is 4.92. The van der Waals surface area contributed by atoms with Crippen molar-refractivity contribution in [1.29, 1.82) is 0 Å². The van der Waals surface area contributed by atoms with Crippen LogP contribution in [0.2, 0.25) is 0 Å². The minimum Gasteiger partial charge on any atom is -0.298 e. The van der Waals surface area contributed by atoms with E-state index < -0.39 is 0 Å². The van der Waals surface area contributed by atoms with Crippen molar-refractivity contribution in [3.05, 3.63) is 35.7 Å². The molecule has 0 aliphatic heterocycles. The molecule has 0 aliphatic carbocycles. The van der Waals surface area contributed by atoms with Crippen LogP contribution in [0.15, 0.2) is 30.1 Å². The summed E-state index contributed by atoms with van der Waals surface area (Å²) in [6, 6.07) is 3.82. The summed E-state index contributed by atoms with van der Waals surface area (Å²) < 4.78 is 0. The summed E-state index contributed by atoms with van der Waals surface area (Å²) in [6.07, 6.45) is 9.34. The Morgan fingerprint density at radius 1 is 1.57 bits per heavy atom. The number of hydrogen-bond donors (Lipinski definition) is 0. The monoisotopic (exact) mass is 189 g/mol. The fourth-order valence-corrected chi connectivity index (χ4v) is 1.22. The second-order valence-electron chi connectivity index (χ2n) is 3.23. The Morgan fingerprint density at radius 3 is 3.00 bits per heavy atom. The van der Waals surface area contributed by atoms with Crippen LogP contribution >= 0.6 is 0 Å². The van der Waals surface area contributed by atoms with Gasteiger partial charge in [-0.05, 0) is 36.1 Å². The molecule has 0 spiro atoms. The van der Waals surface area contributed by atoms with Gasteiger partial charge in [0.1, 0.15) is 6.29 Å². The van der Waals surface area contributed by atoms with Crippen LogP contribution in [0.5, 0.6) is 0 Å². The summed E-state index contributed by atoms with van der Waals surface area (Å²) in [5.41, 5.74) is 1.84. The van der Waals surface area contributed by atoms with Crippen LogP contribution in [0.1, 0.15) is 31.7 Å². The SMILES string of the molecule is CCCC/C(C=O)=C/c1cccnc1. The van der Waals surface area contributed by atoms with Crippen LogP contribution in [0, 0.1) is 0 Å². The van der Waals surface area contributed by atoms with Crippen molar-refractivity contribution in [3.63, 3.8) is 0 Å². The summed E-state index contributed by atoms with van der Waals surface area (Å²) >= 11 is 0. The van der Waals surface area contributed by atoms with Crippen LogP contribution in [0.25, 0.3) is 6.08 Å². The molecule has 0 fully saturated rings. The third-order valence-corrected chi connectivity index (χ3v) is 2.01. The molecule has 1 heterocycles. The highest BCUT2D eigenvalue weighted by Crippen LogP contribution is 2.09. The molecule has 0 bridgehead atoms. The van der Waals surface area contributed by atoms with Crippen LogP contribution in [0.3, 0.4) is 0 Å². The van der Waals surface area contributed by atoms with Crippen molar-refractivity contribution in [2.45, 2.75) is 26.2 Å². The highest BCUT2D eigenvalue weighted by atomic mass is 16.1. The number of allylic oxidation sites excluding steroid dienone is 1. The average molecular weight is 189 g/mol. The zero-order chi connectivity index (χ0) is 10.2. The fourth-order valence-electron chi connectivity index (χ4n) is 1.22. The van der Waals surface area contributed by atoms with Gasteiger partial charge >= 0.3 is 0 Å². The molecule has 0 saturated carbocycles. The Bertz CT molecular complexity index is 303. The molecule has 0 aliphatic rings. The van der Waals surface area contributed by atoms with E-state index >= 15 is 0 Å². The number of nitrogens with zero attached hydrogens (tertiary/aromatic N) is 1. The van der Waals surface area contributed by atoms with Gasteiger partial charge in [-0.2, -0.15) is 0 Å². The molecule has 0 amide bonds. The molecule has 1 aromatic rings. The molecule has 0 aromatic carbocycles. The summed E-state index contributed by atoms with van der Waals surface area (Å²) in [5, 5.41) is 0.